The van der Waals surface area contributed by atoms with Crippen LogP contribution in [0.3, 0.4) is 0 Å². The molecule has 0 fully saturated rings. The van der Waals surface area contributed by atoms with Gasteiger partial charge in [0.15, 0.2) is 0 Å². The minimum absolute atomic E-state index is 1.32. The van der Waals surface area contributed by atoms with E-state index in [1.54, 1.807) is 0 Å². The summed E-state index contributed by atoms with van der Waals surface area (Å²) >= 11 is 0. The fourth-order valence-electron chi connectivity index (χ4n) is 0.534. The van der Waals surface area contributed by atoms with E-state index >= 15 is 0 Å². The van der Waals surface area contributed by atoms with Crippen LogP contribution in [-0.2, 0) is 0 Å². The van der Waals surface area contributed by atoms with Crippen molar-refractivity contribution in [1.29, 1.82) is 0 Å². The topological polar surface area (TPSA) is 63.2 Å². The zero-order valence-electron chi connectivity index (χ0n) is 6.11. The first-order valence-corrected chi connectivity index (χ1v) is 3.02. The SMILES string of the molecule is Cc1ccccc1.O=C([O-])[O-]. The maximum Gasteiger partial charge on any atom is -0.0398 e. The van der Waals surface area contributed by atoms with Gasteiger partial charge in [0.2, 0.25) is 0 Å². The molecule has 0 heterocycles. The van der Waals surface area contributed by atoms with Crippen LogP contribution in [0.2, 0.25) is 0 Å². The van der Waals surface area contributed by atoms with E-state index in [0.717, 1.165) is 0 Å². The Morgan fingerprint density at radius 3 is 1.73 bits per heavy atom. The van der Waals surface area contributed by atoms with Crippen molar-refractivity contribution >= 4 is 6.16 Å². The fourth-order valence-corrected chi connectivity index (χ4v) is 0.534. The van der Waals surface area contributed by atoms with Crippen molar-refractivity contribution in [2.75, 3.05) is 0 Å². The number of rotatable bonds is 0. The second kappa shape index (κ2) is 5.29. The predicted molar refractivity (Wildman–Crippen MR) is 36.6 cm³/mol. The van der Waals surface area contributed by atoms with Gasteiger partial charge < -0.3 is 15.0 Å². The summed E-state index contributed by atoms with van der Waals surface area (Å²) < 4.78 is 0. The van der Waals surface area contributed by atoms with E-state index in [-0.39, 0.29) is 0 Å². The van der Waals surface area contributed by atoms with Crippen molar-refractivity contribution in [3.8, 4) is 0 Å². The highest BCUT2D eigenvalue weighted by atomic mass is 16.6. The predicted octanol–water partition coefficient (Wildman–Crippen LogP) is -0.452. The van der Waals surface area contributed by atoms with Gasteiger partial charge in [-0.05, 0) is 13.1 Å². The second-order valence-corrected chi connectivity index (χ2v) is 1.90. The molecule has 0 radical (unpaired) electrons. The molecule has 3 nitrogen and oxygen atoms in total. The number of carbonyl (C=O) groups excluding carboxylic acids is 1. The highest BCUT2D eigenvalue weighted by Crippen LogP contribution is 1.92. The van der Waals surface area contributed by atoms with Crippen molar-refractivity contribution in [2.24, 2.45) is 0 Å². The molecule has 1 aromatic carbocycles. The van der Waals surface area contributed by atoms with E-state index in [1.807, 2.05) is 18.2 Å². The van der Waals surface area contributed by atoms with E-state index in [1.165, 1.54) is 5.56 Å². The molecule has 0 unspecified atom stereocenters. The summed E-state index contributed by atoms with van der Waals surface area (Å²) in [7, 11) is 0. The fraction of sp³-hybridized carbons (Fsp3) is 0.125. The molecule has 3 heteroatoms. The first kappa shape index (κ1) is 9.49. The summed E-state index contributed by atoms with van der Waals surface area (Å²) in [6.07, 6.45) is -2.33. The quantitative estimate of drug-likeness (QED) is 0.505. The van der Waals surface area contributed by atoms with Gasteiger partial charge in [-0.15, -0.1) is 0 Å². The number of carboxylic acid groups (broad SMARTS) is 2. The monoisotopic (exact) mass is 152 g/mol. The Hall–Kier alpha value is -1.51. The molecule has 0 saturated carbocycles. The third kappa shape index (κ3) is 8.49. The van der Waals surface area contributed by atoms with Crippen LogP contribution < -0.4 is 10.2 Å². The number of hydrogen-bond acceptors (Lipinski definition) is 3. The van der Waals surface area contributed by atoms with Gasteiger partial charge in [0, 0.05) is 0 Å². The highest BCUT2D eigenvalue weighted by molar-refractivity contribution is 5.47. The lowest BCUT2D eigenvalue weighted by Crippen LogP contribution is -2.37. The first-order chi connectivity index (χ1) is 5.13. The minimum atomic E-state index is -2.33. The molecule has 0 amide bonds. The molecule has 1 aromatic rings. The van der Waals surface area contributed by atoms with Crippen LogP contribution in [-0.4, -0.2) is 6.16 Å². The maximum atomic E-state index is 8.33. The van der Waals surface area contributed by atoms with Gasteiger partial charge in [-0.2, -0.15) is 0 Å². The van der Waals surface area contributed by atoms with Crippen molar-refractivity contribution < 1.29 is 15.0 Å². The highest BCUT2D eigenvalue weighted by Gasteiger charge is 1.72. The number of benzene rings is 1. The molecule has 0 spiro atoms. The Balaban J connectivity index is 0.000000218. The van der Waals surface area contributed by atoms with Crippen molar-refractivity contribution in [2.45, 2.75) is 6.92 Å². The Morgan fingerprint density at radius 2 is 1.55 bits per heavy atom. The van der Waals surface area contributed by atoms with Crippen LogP contribution >= 0.6 is 0 Å². The van der Waals surface area contributed by atoms with Crippen LogP contribution in [0.25, 0.3) is 0 Å². The zero-order chi connectivity index (χ0) is 8.69. The molecule has 0 atom stereocenters. The number of hydrogen-bond donors (Lipinski definition) is 0. The molecule has 0 aliphatic heterocycles. The summed E-state index contributed by atoms with van der Waals surface area (Å²) in [6, 6.07) is 10.3. The summed E-state index contributed by atoms with van der Waals surface area (Å²) in [5, 5.41) is 16.7. The minimum Gasteiger partial charge on any atom is -0.652 e. The Labute approximate surface area is 64.9 Å². The molecule has 60 valence electrons. The molecule has 1 rings (SSSR count). The number of carbonyl (C=O) groups is 1. The van der Waals surface area contributed by atoms with Crippen LogP contribution in [0.15, 0.2) is 30.3 Å². The van der Waals surface area contributed by atoms with Crippen molar-refractivity contribution in [1.82, 2.24) is 0 Å². The third-order valence-electron chi connectivity index (χ3n) is 0.940. The maximum absolute atomic E-state index is 8.33. The van der Waals surface area contributed by atoms with Crippen molar-refractivity contribution in [3.05, 3.63) is 35.9 Å². The third-order valence-corrected chi connectivity index (χ3v) is 0.940. The van der Waals surface area contributed by atoms with Gasteiger partial charge in [-0.1, -0.05) is 35.9 Å². The van der Waals surface area contributed by atoms with Gasteiger partial charge in [-0.25, -0.2) is 0 Å². The average Bonchev–Trinajstić information content (AvgIpc) is 1.87. The van der Waals surface area contributed by atoms with Crippen LogP contribution in [0.5, 0.6) is 0 Å². The summed E-state index contributed by atoms with van der Waals surface area (Å²) in [5.41, 5.74) is 1.32. The molecule has 0 bridgehead atoms. The van der Waals surface area contributed by atoms with Crippen LogP contribution in [0.1, 0.15) is 5.56 Å². The Bertz CT molecular complexity index is 202. The normalized spacial score (nSPS) is 7.73. The lowest BCUT2D eigenvalue weighted by molar-refractivity contribution is -0.415. The molecule has 0 saturated heterocycles. The van der Waals surface area contributed by atoms with E-state index in [0.29, 0.717) is 0 Å². The standard InChI is InChI=1S/C7H8.CH2O3/c1-7-5-3-2-4-6-7;2-1(3)4/h2-6H,1H3;(H2,2,3,4)/p-2. The van der Waals surface area contributed by atoms with Crippen LogP contribution in [0.4, 0.5) is 4.79 Å². The van der Waals surface area contributed by atoms with E-state index in [2.05, 4.69) is 19.1 Å². The van der Waals surface area contributed by atoms with Gasteiger partial charge in [0.05, 0.1) is 0 Å². The zero-order valence-corrected chi connectivity index (χ0v) is 6.11. The van der Waals surface area contributed by atoms with E-state index in [9.17, 15) is 0 Å². The molecule has 0 aromatic heterocycles. The largest absolute Gasteiger partial charge is 0.652 e. The van der Waals surface area contributed by atoms with Gasteiger partial charge in [0.1, 0.15) is 0 Å². The first-order valence-electron chi connectivity index (χ1n) is 3.02. The summed E-state index contributed by atoms with van der Waals surface area (Å²) in [5.74, 6) is 0. The molecule has 0 aliphatic carbocycles. The Morgan fingerprint density at radius 1 is 1.18 bits per heavy atom. The lowest BCUT2D eigenvalue weighted by Gasteiger charge is -1.96. The van der Waals surface area contributed by atoms with Crippen LogP contribution in [0, 0.1) is 6.92 Å². The summed E-state index contributed by atoms with van der Waals surface area (Å²) in [4.78, 5) is 8.33. The van der Waals surface area contributed by atoms with Gasteiger partial charge in [0.25, 0.3) is 0 Å². The van der Waals surface area contributed by atoms with E-state index < -0.39 is 6.16 Å². The molecule has 11 heavy (non-hydrogen) atoms. The molecular weight excluding hydrogens is 144 g/mol. The Kier molecular flexibility index (Phi) is 4.56. The average molecular weight is 152 g/mol. The number of aryl methyl sites for hydroxylation is 1. The second-order valence-electron chi connectivity index (χ2n) is 1.90. The molecule has 0 aliphatic rings. The van der Waals surface area contributed by atoms with Gasteiger partial charge in [-0.3, -0.25) is 0 Å². The lowest BCUT2D eigenvalue weighted by atomic mass is 10.2. The van der Waals surface area contributed by atoms with Crippen molar-refractivity contribution in [3.63, 3.8) is 0 Å². The summed E-state index contributed by atoms with van der Waals surface area (Å²) in [6.45, 7) is 2.08. The van der Waals surface area contributed by atoms with Gasteiger partial charge >= 0.3 is 0 Å². The van der Waals surface area contributed by atoms with E-state index in [4.69, 9.17) is 15.0 Å². The molecular formula is C8H8O3-2. The molecule has 0 N–H and O–H groups in total. The smallest absolute Gasteiger partial charge is 0.0398 e.